The second kappa shape index (κ2) is 11.4. The number of amides is 1. The number of carbonyl (C=O) groups is 1. The molecule has 0 fully saturated rings. The third-order valence-corrected chi connectivity index (χ3v) is 7.05. The lowest BCUT2D eigenvalue weighted by atomic mass is 9.95. The highest BCUT2D eigenvalue weighted by atomic mass is 35.5. The molecule has 1 aliphatic heterocycles. The zero-order valence-corrected chi connectivity index (χ0v) is 23.2. The first-order chi connectivity index (χ1) is 19.3. The molecule has 5 rings (SSSR count). The summed E-state index contributed by atoms with van der Waals surface area (Å²) in [6.07, 6.45) is 1.41. The molecule has 4 aromatic rings. The number of anilines is 2. The highest BCUT2D eigenvalue weighted by Gasteiger charge is 2.34. The van der Waals surface area contributed by atoms with E-state index in [2.05, 4.69) is 20.7 Å². The van der Waals surface area contributed by atoms with Gasteiger partial charge in [0.2, 0.25) is 5.95 Å². The van der Waals surface area contributed by atoms with Crippen molar-refractivity contribution in [3.63, 3.8) is 0 Å². The highest BCUT2D eigenvalue weighted by molar-refractivity contribution is 6.32. The van der Waals surface area contributed by atoms with Gasteiger partial charge in [-0.15, -0.1) is 0 Å². The molecule has 0 saturated heterocycles. The van der Waals surface area contributed by atoms with E-state index in [1.807, 2.05) is 12.1 Å². The van der Waals surface area contributed by atoms with Gasteiger partial charge < -0.3 is 24.8 Å². The van der Waals surface area contributed by atoms with Crippen molar-refractivity contribution in [2.24, 2.45) is 0 Å². The Morgan fingerprint density at radius 1 is 1.07 bits per heavy atom. The van der Waals surface area contributed by atoms with Crippen LogP contribution in [-0.4, -0.2) is 34.9 Å². The molecule has 12 heteroatoms. The largest absolute Gasteiger partial charge is 0.495 e. The first kappa shape index (κ1) is 27.3. The zero-order chi connectivity index (χ0) is 28.4. The smallest absolute Gasteiger partial charge is 0.255 e. The lowest BCUT2D eigenvalue weighted by Gasteiger charge is -2.29. The lowest BCUT2D eigenvalue weighted by Crippen LogP contribution is -2.31. The van der Waals surface area contributed by atoms with Crippen LogP contribution in [0.25, 0.3) is 0 Å². The van der Waals surface area contributed by atoms with E-state index in [1.165, 1.54) is 32.7 Å². The van der Waals surface area contributed by atoms with Crippen LogP contribution in [0.5, 0.6) is 17.2 Å². The van der Waals surface area contributed by atoms with Gasteiger partial charge in [0.05, 0.1) is 35.5 Å². The summed E-state index contributed by atoms with van der Waals surface area (Å²) in [4.78, 5) is 18.0. The number of nitrogens with zero attached hydrogens (tertiary/aromatic N) is 3. The van der Waals surface area contributed by atoms with Gasteiger partial charge >= 0.3 is 0 Å². The Hall–Kier alpha value is -4.28. The molecule has 1 aromatic heterocycles. The fourth-order valence-corrected chi connectivity index (χ4v) is 4.86. The molecule has 1 aliphatic rings. The van der Waals surface area contributed by atoms with Gasteiger partial charge in [-0.2, -0.15) is 10.1 Å². The molecular weight excluding hydrogens is 560 g/mol. The number of nitrogens with one attached hydrogen (secondary N) is 2. The predicted molar refractivity (Wildman–Crippen MR) is 150 cm³/mol. The normalized spacial score (nSPS) is 14.3. The molecule has 0 saturated carbocycles. The Balaban J connectivity index is 1.44. The maximum Gasteiger partial charge on any atom is 0.255 e. The van der Waals surface area contributed by atoms with E-state index in [-0.39, 0.29) is 17.2 Å². The Bertz CT molecular complexity index is 1590. The minimum atomic E-state index is -0.617. The second-order valence-corrected chi connectivity index (χ2v) is 9.61. The predicted octanol–water partition coefficient (Wildman–Crippen LogP) is 6.25. The van der Waals surface area contributed by atoms with Crippen LogP contribution >= 0.6 is 23.2 Å². The zero-order valence-electron chi connectivity index (χ0n) is 21.7. The minimum Gasteiger partial charge on any atom is -0.495 e. The molecule has 40 heavy (non-hydrogen) atoms. The van der Waals surface area contributed by atoms with Crippen molar-refractivity contribution in [2.75, 3.05) is 24.9 Å². The number of hydrogen-bond acceptors (Lipinski definition) is 7. The van der Waals surface area contributed by atoms with E-state index in [0.717, 1.165) is 5.56 Å². The Kier molecular flexibility index (Phi) is 7.81. The molecular formula is C28H24Cl2FN5O4. The van der Waals surface area contributed by atoms with Gasteiger partial charge in [0.25, 0.3) is 5.91 Å². The number of methoxy groups -OCH3 is 2. The van der Waals surface area contributed by atoms with E-state index in [1.54, 1.807) is 41.9 Å². The topological polar surface area (TPSA) is 99.5 Å². The van der Waals surface area contributed by atoms with Gasteiger partial charge in [-0.05, 0) is 36.8 Å². The van der Waals surface area contributed by atoms with E-state index in [9.17, 15) is 9.18 Å². The number of carbonyl (C=O) groups excluding carboxylic acids is 1. The SMILES string of the molecule is COc1cc(NC(=O)C2=C(C)Nc3ncnn3[C@@H]2c2ccc(OCc3c(F)cccc3Cl)cc2)c(OC)cc1Cl. The number of fused-ring (bicyclic) bond motifs is 1. The van der Waals surface area contributed by atoms with Gasteiger partial charge in [0, 0.05) is 23.4 Å². The van der Waals surface area contributed by atoms with Crippen LogP contribution in [0.2, 0.25) is 10.0 Å². The van der Waals surface area contributed by atoms with Gasteiger partial charge in [-0.1, -0.05) is 41.4 Å². The molecule has 0 bridgehead atoms. The van der Waals surface area contributed by atoms with E-state index in [0.29, 0.717) is 45.2 Å². The fraction of sp³-hybridized carbons (Fsp3) is 0.179. The number of aromatic nitrogens is 3. The van der Waals surface area contributed by atoms with Crippen LogP contribution in [-0.2, 0) is 11.4 Å². The Labute approximate surface area is 239 Å². The van der Waals surface area contributed by atoms with Crippen molar-refractivity contribution >= 4 is 40.7 Å². The summed E-state index contributed by atoms with van der Waals surface area (Å²) in [5.41, 5.74) is 2.39. The van der Waals surface area contributed by atoms with Gasteiger partial charge in [0.15, 0.2) is 0 Å². The number of rotatable bonds is 8. The summed E-state index contributed by atoms with van der Waals surface area (Å²) in [6, 6.07) is 14.1. The van der Waals surface area contributed by atoms with Crippen molar-refractivity contribution in [2.45, 2.75) is 19.6 Å². The third-order valence-electron chi connectivity index (χ3n) is 6.40. The molecule has 2 N–H and O–H groups in total. The van der Waals surface area contributed by atoms with E-state index >= 15 is 0 Å². The minimum absolute atomic E-state index is 0.0372. The number of allylic oxidation sites excluding steroid dienone is 1. The maximum absolute atomic E-state index is 14.1. The monoisotopic (exact) mass is 583 g/mol. The molecule has 0 radical (unpaired) electrons. The van der Waals surface area contributed by atoms with Crippen LogP contribution in [0.15, 0.2) is 72.2 Å². The molecule has 206 valence electrons. The maximum atomic E-state index is 14.1. The van der Waals surface area contributed by atoms with Crippen LogP contribution in [0, 0.1) is 5.82 Å². The van der Waals surface area contributed by atoms with Crippen molar-refractivity contribution in [3.8, 4) is 17.2 Å². The van der Waals surface area contributed by atoms with E-state index in [4.69, 9.17) is 37.4 Å². The van der Waals surface area contributed by atoms with E-state index < -0.39 is 17.8 Å². The molecule has 1 amide bonds. The Morgan fingerprint density at radius 3 is 2.52 bits per heavy atom. The summed E-state index contributed by atoms with van der Waals surface area (Å²) in [5.74, 6) is 0.903. The third kappa shape index (κ3) is 5.28. The molecule has 1 atom stereocenters. The fourth-order valence-electron chi connectivity index (χ4n) is 4.41. The molecule has 0 spiro atoms. The molecule has 9 nitrogen and oxygen atoms in total. The highest BCUT2D eigenvalue weighted by Crippen LogP contribution is 2.39. The standard InChI is InChI=1S/C28H24Cl2FN5O4/c1-15-25(27(37)35-22-12-23(38-2)20(30)11-24(22)39-3)26(36-28(34-15)32-14-33-36)16-7-9-17(10-8-16)40-13-18-19(29)5-4-6-21(18)31/h4-12,14,26H,13H2,1-3H3,(H,35,37)(H,32,33,34)/t26-/m1/s1. The summed E-state index contributed by atoms with van der Waals surface area (Å²) >= 11 is 12.3. The summed E-state index contributed by atoms with van der Waals surface area (Å²) in [6.45, 7) is 1.75. The number of benzene rings is 3. The number of halogens is 3. The van der Waals surface area contributed by atoms with Gasteiger partial charge in [-0.25, -0.2) is 9.07 Å². The van der Waals surface area contributed by atoms with Gasteiger partial charge in [-0.3, -0.25) is 4.79 Å². The summed E-state index contributed by atoms with van der Waals surface area (Å²) in [7, 11) is 2.96. The summed E-state index contributed by atoms with van der Waals surface area (Å²) < 4.78 is 32.3. The average molecular weight is 584 g/mol. The van der Waals surface area contributed by atoms with Crippen LogP contribution < -0.4 is 24.8 Å². The molecule has 3 aromatic carbocycles. The average Bonchev–Trinajstić information content (AvgIpc) is 3.41. The van der Waals surface area contributed by atoms with Crippen molar-refractivity contribution < 1.29 is 23.4 Å². The van der Waals surface area contributed by atoms with Crippen LogP contribution in [0.3, 0.4) is 0 Å². The first-order valence-corrected chi connectivity index (χ1v) is 12.8. The lowest BCUT2D eigenvalue weighted by molar-refractivity contribution is -0.113. The van der Waals surface area contributed by atoms with Crippen molar-refractivity contribution in [1.29, 1.82) is 0 Å². The summed E-state index contributed by atoms with van der Waals surface area (Å²) in [5, 5.41) is 11.0. The first-order valence-electron chi connectivity index (χ1n) is 12.1. The molecule has 0 unspecified atom stereocenters. The van der Waals surface area contributed by atoms with Crippen molar-refractivity contribution in [1.82, 2.24) is 14.8 Å². The van der Waals surface area contributed by atoms with Crippen LogP contribution in [0.4, 0.5) is 16.0 Å². The Morgan fingerprint density at radius 2 is 1.82 bits per heavy atom. The molecule has 2 heterocycles. The van der Waals surface area contributed by atoms with Crippen molar-refractivity contribution in [3.05, 3.63) is 99.2 Å². The molecule has 0 aliphatic carbocycles. The second-order valence-electron chi connectivity index (χ2n) is 8.79. The number of ether oxygens (including phenoxy) is 3. The number of hydrogen-bond donors (Lipinski definition) is 2. The van der Waals surface area contributed by atoms with Crippen LogP contribution in [0.1, 0.15) is 24.1 Å². The quantitative estimate of drug-likeness (QED) is 0.253. The van der Waals surface area contributed by atoms with Gasteiger partial charge in [0.1, 0.15) is 42.0 Å².